The fourth-order valence-corrected chi connectivity index (χ4v) is 4.44. The molecule has 0 atom stereocenters. The van der Waals surface area contributed by atoms with E-state index in [1.165, 1.54) is 0 Å². The molecule has 0 aliphatic heterocycles. The summed E-state index contributed by atoms with van der Waals surface area (Å²) in [4.78, 5) is 44.1. The van der Waals surface area contributed by atoms with Gasteiger partial charge in [-0.2, -0.15) is 23.4 Å². The summed E-state index contributed by atoms with van der Waals surface area (Å²) in [6.07, 6.45) is -6.21. The fourth-order valence-electron chi connectivity index (χ4n) is 4.44. The van der Waals surface area contributed by atoms with Crippen LogP contribution in [-0.4, -0.2) is 44.6 Å². The van der Waals surface area contributed by atoms with E-state index in [1.54, 1.807) is 24.3 Å². The standard InChI is InChI=1S/C19H19N3O3.C14H11N3O.C2HF3O/c1-19(2,3)25-18(24)20-13-10-8-12(9-11-13)16-14-6-4-5-7-15(14)17(23)22-21-16;15-10-7-5-9(6-8-10)13-11-3-1-2-4-12(11)14(18)17-16-13;3-2(4,5)1-6/h4-11H,1-3H3,(H,20,24)(H,22,23);1-8H,15H2,(H,17,18);1H. The van der Waals surface area contributed by atoms with Crippen LogP contribution in [0.2, 0.25) is 0 Å². The number of halogens is 3. The molecule has 0 bridgehead atoms. The number of rotatable bonds is 3. The van der Waals surface area contributed by atoms with Crippen molar-refractivity contribution in [3.63, 3.8) is 0 Å². The number of nitrogen functional groups attached to an aromatic ring is 1. The van der Waals surface area contributed by atoms with E-state index in [2.05, 4.69) is 25.7 Å². The molecule has 0 aliphatic carbocycles. The van der Waals surface area contributed by atoms with Crippen molar-refractivity contribution < 1.29 is 27.5 Å². The number of carbonyl (C=O) groups excluding carboxylic acids is 2. The summed E-state index contributed by atoms with van der Waals surface area (Å²) in [6, 6.07) is 29.3. The van der Waals surface area contributed by atoms with Crippen LogP contribution in [0.25, 0.3) is 44.1 Å². The number of ether oxygens (including phenoxy) is 1. The van der Waals surface area contributed by atoms with E-state index in [4.69, 9.17) is 15.3 Å². The Morgan fingerprint density at radius 2 is 1.10 bits per heavy atom. The van der Waals surface area contributed by atoms with Crippen molar-refractivity contribution in [2.75, 3.05) is 11.1 Å². The highest BCUT2D eigenvalue weighted by atomic mass is 19.4. The highest BCUT2D eigenvalue weighted by molar-refractivity contribution is 5.95. The maximum atomic E-state index is 11.9. The third-order valence-corrected chi connectivity index (χ3v) is 6.51. The van der Waals surface area contributed by atoms with Crippen LogP contribution in [0.5, 0.6) is 0 Å². The van der Waals surface area contributed by atoms with Crippen molar-refractivity contribution in [2.45, 2.75) is 32.5 Å². The number of benzene rings is 4. The Labute approximate surface area is 276 Å². The molecule has 0 radical (unpaired) electrons. The lowest BCUT2D eigenvalue weighted by atomic mass is 10.0. The molecule has 0 aliphatic rings. The Bertz CT molecular complexity index is 2190. The van der Waals surface area contributed by atoms with Gasteiger partial charge >= 0.3 is 12.3 Å². The number of aromatic amines is 2. The summed E-state index contributed by atoms with van der Waals surface area (Å²) in [5.74, 6) is 0. The number of alkyl halides is 3. The van der Waals surface area contributed by atoms with Gasteiger partial charge in [-0.05, 0) is 57.2 Å². The molecular formula is C35H31F3N6O5. The Morgan fingerprint density at radius 1 is 0.714 bits per heavy atom. The van der Waals surface area contributed by atoms with E-state index in [1.807, 2.05) is 93.6 Å². The van der Waals surface area contributed by atoms with Crippen molar-refractivity contribution in [1.29, 1.82) is 0 Å². The van der Waals surface area contributed by atoms with Crippen LogP contribution in [0.15, 0.2) is 107 Å². The summed E-state index contributed by atoms with van der Waals surface area (Å²) in [5.41, 5.74) is 9.23. The van der Waals surface area contributed by atoms with Gasteiger partial charge in [-0.25, -0.2) is 15.0 Å². The number of anilines is 2. The zero-order chi connectivity index (χ0) is 35.8. The Kier molecular flexibility index (Phi) is 10.9. The minimum Gasteiger partial charge on any atom is -0.444 e. The van der Waals surface area contributed by atoms with Gasteiger partial charge in [0.25, 0.3) is 11.1 Å². The Morgan fingerprint density at radius 3 is 1.49 bits per heavy atom. The molecule has 0 fully saturated rings. The highest BCUT2D eigenvalue weighted by Crippen LogP contribution is 2.26. The van der Waals surface area contributed by atoms with Gasteiger partial charge in [0.1, 0.15) is 5.60 Å². The number of aldehydes is 1. The van der Waals surface area contributed by atoms with Crippen LogP contribution >= 0.6 is 0 Å². The Hall–Kier alpha value is -6.31. The average molecular weight is 673 g/mol. The largest absolute Gasteiger partial charge is 0.446 e. The van der Waals surface area contributed by atoms with E-state index >= 15 is 0 Å². The molecule has 0 saturated carbocycles. The zero-order valence-electron chi connectivity index (χ0n) is 26.5. The number of nitrogens with zero attached hydrogens (tertiary/aromatic N) is 2. The SMILES string of the molecule is CC(C)(C)OC(=O)Nc1ccc(-c2n[nH]c(=O)c3ccccc23)cc1.Nc1ccc(-c2n[nH]c(=O)c3ccccc23)cc1.O=CC(F)(F)F. The maximum Gasteiger partial charge on any atom is 0.446 e. The summed E-state index contributed by atoms with van der Waals surface area (Å²) in [5, 5.41) is 18.9. The molecule has 6 rings (SSSR count). The number of aromatic nitrogens is 4. The zero-order valence-corrected chi connectivity index (χ0v) is 26.5. The maximum absolute atomic E-state index is 11.9. The van der Waals surface area contributed by atoms with Crippen molar-refractivity contribution in [1.82, 2.24) is 20.4 Å². The van der Waals surface area contributed by atoms with Gasteiger partial charge in [-0.1, -0.05) is 60.7 Å². The summed E-state index contributed by atoms with van der Waals surface area (Å²) >= 11 is 0. The van der Waals surface area contributed by atoms with Gasteiger partial charge in [0.2, 0.25) is 6.29 Å². The third-order valence-electron chi connectivity index (χ3n) is 6.51. The third kappa shape index (κ3) is 9.84. The molecule has 0 spiro atoms. The first-order chi connectivity index (χ1) is 23.1. The fraction of sp³-hybridized carbons (Fsp3) is 0.143. The molecule has 0 saturated heterocycles. The molecule has 0 unspecified atom stereocenters. The van der Waals surface area contributed by atoms with Crippen LogP contribution in [-0.2, 0) is 9.53 Å². The molecule has 11 nitrogen and oxygen atoms in total. The number of nitrogens with one attached hydrogen (secondary N) is 3. The number of carbonyl (C=O) groups is 2. The van der Waals surface area contributed by atoms with Gasteiger partial charge in [0.05, 0.1) is 22.2 Å². The number of H-pyrrole nitrogens is 2. The van der Waals surface area contributed by atoms with Crippen molar-refractivity contribution in [3.05, 3.63) is 118 Å². The monoisotopic (exact) mass is 672 g/mol. The van der Waals surface area contributed by atoms with Gasteiger partial charge in [-0.3, -0.25) is 19.7 Å². The lowest BCUT2D eigenvalue weighted by molar-refractivity contribution is -0.156. The number of hydrogen-bond acceptors (Lipinski definition) is 8. The number of hydrogen-bond donors (Lipinski definition) is 4. The Balaban J connectivity index is 0.000000196. The van der Waals surface area contributed by atoms with Gasteiger partial charge in [-0.15, -0.1) is 0 Å². The second-order valence-electron chi connectivity index (χ2n) is 11.4. The molecule has 2 aromatic heterocycles. The first-order valence-electron chi connectivity index (χ1n) is 14.6. The molecule has 2 heterocycles. The van der Waals surface area contributed by atoms with E-state index in [-0.39, 0.29) is 11.1 Å². The van der Waals surface area contributed by atoms with Crippen LogP contribution in [0.4, 0.5) is 29.3 Å². The van der Waals surface area contributed by atoms with Gasteiger partial charge in [0, 0.05) is 33.3 Å². The quantitative estimate of drug-likeness (QED) is 0.117. The molecule has 6 aromatic rings. The van der Waals surface area contributed by atoms with Gasteiger partial charge in [0.15, 0.2) is 0 Å². The number of nitrogens with two attached hydrogens (primary N) is 1. The second-order valence-corrected chi connectivity index (χ2v) is 11.4. The first-order valence-corrected chi connectivity index (χ1v) is 14.6. The van der Waals surface area contributed by atoms with Crippen LogP contribution < -0.4 is 22.2 Å². The molecule has 4 aromatic carbocycles. The molecule has 14 heteroatoms. The lowest BCUT2D eigenvalue weighted by Crippen LogP contribution is -2.27. The van der Waals surface area contributed by atoms with Gasteiger partial charge < -0.3 is 10.5 Å². The molecule has 252 valence electrons. The van der Waals surface area contributed by atoms with Crippen molar-refractivity contribution in [2.24, 2.45) is 0 Å². The van der Waals surface area contributed by atoms with Crippen molar-refractivity contribution >= 4 is 45.3 Å². The molecule has 1 amide bonds. The lowest BCUT2D eigenvalue weighted by Gasteiger charge is -2.19. The summed E-state index contributed by atoms with van der Waals surface area (Å²) in [6.45, 7) is 5.42. The van der Waals surface area contributed by atoms with E-state index < -0.39 is 24.2 Å². The predicted octanol–water partition coefficient (Wildman–Crippen LogP) is 6.86. The number of fused-ring (bicyclic) bond motifs is 2. The summed E-state index contributed by atoms with van der Waals surface area (Å²) < 4.78 is 36.5. The minimum absolute atomic E-state index is 0.176. The average Bonchev–Trinajstić information content (AvgIpc) is 3.06. The van der Waals surface area contributed by atoms with Crippen LogP contribution in [0.1, 0.15) is 20.8 Å². The number of amides is 1. The smallest absolute Gasteiger partial charge is 0.444 e. The van der Waals surface area contributed by atoms with Crippen LogP contribution in [0.3, 0.4) is 0 Å². The highest BCUT2D eigenvalue weighted by Gasteiger charge is 2.25. The molecule has 49 heavy (non-hydrogen) atoms. The predicted molar refractivity (Wildman–Crippen MR) is 182 cm³/mol. The normalized spacial score (nSPS) is 11.1. The van der Waals surface area contributed by atoms with Crippen molar-refractivity contribution in [3.8, 4) is 22.5 Å². The van der Waals surface area contributed by atoms with E-state index in [0.29, 0.717) is 27.8 Å². The van der Waals surface area contributed by atoms with E-state index in [9.17, 15) is 27.6 Å². The summed E-state index contributed by atoms with van der Waals surface area (Å²) in [7, 11) is 0. The second kappa shape index (κ2) is 15.1. The molecule has 5 N–H and O–H groups in total. The van der Waals surface area contributed by atoms with E-state index in [0.717, 1.165) is 27.6 Å². The molecular weight excluding hydrogens is 641 g/mol. The topological polar surface area (TPSA) is 173 Å². The first kappa shape index (κ1) is 35.5. The minimum atomic E-state index is -4.64. The van der Waals surface area contributed by atoms with Crippen LogP contribution in [0, 0.1) is 0 Å².